The minimum atomic E-state index is -0.435. The summed E-state index contributed by atoms with van der Waals surface area (Å²) in [6, 6.07) is 4.41. The minimum absolute atomic E-state index is 0.279. The fourth-order valence-electron chi connectivity index (χ4n) is 1.41. The summed E-state index contributed by atoms with van der Waals surface area (Å²) in [4.78, 5) is 0. The molecule has 0 saturated heterocycles. The van der Waals surface area contributed by atoms with Crippen molar-refractivity contribution in [3.8, 4) is 0 Å². The average Bonchev–Trinajstić information content (AvgIpc) is 2.85. The molecular weight excluding hydrogens is 235 g/mol. The molecule has 0 unspecified atom stereocenters. The highest BCUT2D eigenvalue weighted by atomic mass is 79.9. The number of halogens is 2. The molecule has 1 fully saturated rings. The van der Waals surface area contributed by atoms with Crippen LogP contribution < -0.4 is 0 Å². The van der Waals surface area contributed by atoms with Crippen LogP contribution in [0, 0.1) is 11.7 Å². The van der Waals surface area contributed by atoms with Crippen molar-refractivity contribution in [1.29, 1.82) is 0 Å². The number of hydrogen-bond acceptors (Lipinski definition) is 1. The molecule has 0 aromatic heterocycles. The Morgan fingerprint density at radius 1 is 1.46 bits per heavy atom. The van der Waals surface area contributed by atoms with E-state index in [-0.39, 0.29) is 5.82 Å². The molecule has 1 saturated carbocycles. The highest BCUT2D eigenvalue weighted by Crippen LogP contribution is 2.42. The Hall–Kier alpha value is -0.410. The molecule has 0 radical (unpaired) electrons. The van der Waals surface area contributed by atoms with Crippen molar-refractivity contribution in [3.63, 3.8) is 0 Å². The average molecular weight is 245 g/mol. The second-order valence-electron chi connectivity index (χ2n) is 3.45. The molecule has 1 atom stereocenters. The number of aliphatic hydroxyl groups excluding tert-OH is 1. The van der Waals surface area contributed by atoms with Crippen molar-refractivity contribution >= 4 is 15.9 Å². The Labute approximate surface area is 84.7 Å². The normalized spacial score (nSPS) is 18.7. The maximum Gasteiger partial charge on any atom is 0.124 e. The van der Waals surface area contributed by atoms with E-state index in [0.29, 0.717) is 10.4 Å². The van der Waals surface area contributed by atoms with Crippen LogP contribution in [-0.2, 0) is 0 Å². The summed E-state index contributed by atoms with van der Waals surface area (Å²) >= 11 is 3.24. The lowest BCUT2D eigenvalue weighted by molar-refractivity contribution is 0.153. The molecule has 3 heteroatoms. The van der Waals surface area contributed by atoms with Crippen molar-refractivity contribution in [3.05, 3.63) is 34.1 Å². The van der Waals surface area contributed by atoms with E-state index in [0.717, 1.165) is 18.4 Å². The van der Waals surface area contributed by atoms with Gasteiger partial charge in [-0.2, -0.15) is 0 Å². The van der Waals surface area contributed by atoms with E-state index in [2.05, 4.69) is 15.9 Å². The van der Waals surface area contributed by atoms with E-state index in [1.807, 2.05) is 0 Å². The predicted molar refractivity (Wildman–Crippen MR) is 51.8 cm³/mol. The van der Waals surface area contributed by atoms with Crippen LogP contribution >= 0.6 is 15.9 Å². The molecule has 0 amide bonds. The van der Waals surface area contributed by atoms with Gasteiger partial charge in [0.1, 0.15) is 5.82 Å². The summed E-state index contributed by atoms with van der Waals surface area (Å²) in [5.41, 5.74) is 0.795. The fourth-order valence-corrected chi connectivity index (χ4v) is 1.99. The fraction of sp³-hybridized carbons (Fsp3) is 0.400. The Balaban J connectivity index is 2.28. The topological polar surface area (TPSA) is 20.2 Å². The predicted octanol–water partition coefficient (Wildman–Crippen LogP) is 3.03. The van der Waals surface area contributed by atoms with Gasteiger partial charge in [0.2, 0.25) is 0 Å². The Morgan fingerprint density at radius 3 is 2.69 bits per heavy atom. The molecule has 0 aliphatic heterocycles. The van der Waals surface area contributed by atoms with Gasteiger partial charge in [-0.3, -0.25) is 0 Å². The first-order valence-corrected chi connectivity index (χ1v) is 5.11. The van der Waals surface area contributed by atoms with E-state index < -0.39 is 6.10 Å². The van der Waals surface area contributed by atoms with Gasteiger partial charge in [0.15, 0.2) is 0 Å². The van der Waals surface area contributed by atoms with E-state index in [1.54, 1.807) is 6.07 Å². The van der Waals surface area contributed by atoms with Gasteiger partial charge in [0, 0.05) is 4.47 Å². The molecule has 2 rings (SSSR count). The first-order chi connectivity index (χ1) is 6.18. The Kier molecular flexibility index (Phi) is 2.39. The Bertz CT molecular complexity index is 323. The summed E-state index contributed by atoms with van der Waals surface area (Å²) in [5, 5.41) is 9.78. The highest BCUT2D eigenvalue weighted by molar-refractivity contribution is 9.10. The molecule has 1 aliphatic rings. The van der Waals surface area contributed by atoms with Crippen LogP contribution in [-0.4, -0.2) is 5.11 Å². The van der Waals surface area contributed by atoms with Crippen molar-refractivity contribution in [1.82, 2.24) is 0 Å². The van der Waals surface area contributed by atoms with Gasteiger partial charge in [0.05, 0.1) is 6.10 Å². The first kappa shape index (κ1) is 9.16. The van der Waals surface area contributed by atoms with Crippen LogP contribution in [0.5, 0.6) is 0 Å². The summed E-state index contributed by atoms with van der Waals surface area (Å²) in [6.45, 7) is 0. The first-order valence-electron chi connectivity index (χ1n) is 4.31. The summed E-state index contributed by atoms with van der Waals surface area (Å²) in [7, 11) is 0. The molecule has 1 aromatic rings. The largest absolute Gasteiger partial charge is 0.388 e. The summed E-state index contributed by atoms with van der Waals surface area (Å²) < 4.78 is 13.4. The monoisotopic (exact) mass is 244 g/mol. The summed E-state index contributed by atoms with van der Waals surface area (Å²) in [5.74, 6) is 0.0976. The lowest BCUT2D eigenvalue weighted by atomic mass is 10.1. The van der Waals surface area contributed by atoms with Crippen LogP contribution in [0.3, 0.4) is 0 Å². The minimum Gasteiger partial charge on any atom is -0.388 e. The van der Waals surface area contributed by atoms with Gasteiger partial charge >= 0.3 is 0 Å². The second-order valence-corrected chi connectivity index (χ2v) is 4.30. The molecule has 0 bridgehead atoms. The van der Waals surface area contributed by atoms with Crippen LogP contribution in [0.15, 0.2) is 22.7 Å². The van der Waals surface area contributed by atoms with Gasteiger partial charge in [-0.1, -0.05) is 22.0 Å². The highest BCUT2D eigenvalue weighted by Gasteiger charge is 2.31. The molecule has 1 N–H and O–H groups in total. The SMILES string of the molecule is O[C@H](c1ccc(F)cc1Br)C1CC1. The van der Waals surface area contributed by atoms with Gasteiger partial charge < -0.3 is 5.11 Å². The molecular formula is C10H10BrFO. The lowest BCUT2D eigenvalue weighted by Gasteiger charge is -2.11. The quantitative estimate of drug-likeness (QED) is 0.849. The molecule has 13 heavy (non-hydrogen) atoms. The third-order valence-electron chi connectivity index (χ3n) is 2.35. The third-order valence-corrected chi connectivity index (χ3v) is 3.04. The van der Waals surface area contributed by atoms with Crippen molar-refractivity contribution in [2.75, 3.05) is 0 Å². The third kappa shape index (κ3) is 1.92. The molecule has 1 aromatic carbocycles. The smallest absolute Gasteiger partial charge is 0.124 e. The maximum atomic E-state index is 12.7. The van der Waals surface area contributed by atoms with Gasteiger partial charge in [-0.15, -0.1) is 0 Å². The Morgan fingerprint density at radius 2 is 2.15 bits per heavy atom. The van der Waals surface area contributed by atoms with E-state index >= 15 is 0 Å². The second kappa shape index (κ2) is 3.39. The van der Waals surface area contributed by atoms with E-state index in [1.165, 1.54) is 12.1 Å². The molecule has 70 valence electrons. The van der Waals surface area contributed by atoms with Gasteiger partial charge in [-0.05, 0) is 36.5 Å². The zero-order valence-corrected chi connectivity index (χ0v) is 8.59. The van der Waals surface area contributed by atoms with Crippen LogP contribution in [0.2, 0.25) is 0 Å². The van der Waals surface area contributed by atoms with Crippen LogP contribution in [0.4, 0.5) is 4.39 Å². The van der Waals surface area contributed by atoms with Crippen molar-refractivity contribution in [2.24, 2.45) is 5.92 Å². The van der Waals surface area contributed by atoms with Crippen LogP contribution in [0.1, 0.15) is 24.5 Å². The molecule has 1 nitrogen and oxygen atoms in total. The molecule has 0 heterocycles. The van der Waals surface area contributed by atoms with Crippen LogP contribution in [0.25, 0.3) is 0 Å². The summed E-state index contributed by atoms with van der Waals surface area (Å²) in [6.07, 6.45) is 1.71. The van der Waals surface area contributed by atoms with Gasteiger partial charge in [0.25, 0.3) is 0 Å². The lowest BCUT2D eigenvalue weighted by Crippen LogP contribution is -2.00. The number of hydrogen-bond donors (Lipinski definition) is 1. The zero-order valence-electron chi connectivity index (χ0n) is 7.00. The van der Waals surface area contributed by atoms with Crippen molar-refractivity contribution < 1.29 is 9.50 Å². The molecule has 0 spiro atoms. The molecule has 1 aliphatic carbocycles. The van der Waals surface area contributed by atoms with Crippen molar-refractivity contribution in [2.45, 2.75) is 18.9 Å². The van der Waals surface area contributed by atoms with E-state index in [9.17, 15) is 9.50 Å². The zero-order chi connectivity index (χ0) is 9.42. The van der Waals surface area contributed by atoms with E-state index in [4.69, 9.17) is 0 Å². The number of rotatable bonds is 2. The van der Waals surface area contributed by atoms with Gasteiger partial charge in [-0.25, -0.2) is 4.39 Å². The number of benzene rings is 1. The number of aliphatic hydroxyl groups is 1. The maximum absolute atomic E-state index is 12.7. The standard InChI is InChI=1S/C10H10BrFO/c11-9-5-7(12)3-4-8(9)10(13)6-1-2-6/h3-6,10,13H,1-2H2/t10-/m0/s1.